The minimum Gasteiger partial charge on any atom is -0.366 e. The van der Waals surface area contributed by atoms with Gasteiger partial charge in [0.2, 0.25) is 0 Å². The third-order valence-electron chi connectivity index (χ3n) is 1.59. The molecule has 1 unspecified atom stereocenters. The van der Waals surface area contributed by atoms with E-state index in [9.17, 15) is 14.4 Å². The van der Waals surface area contributed by atoms with E-state index in [2.05, 4.69) is 0 Å². The minimum absolute atomic E-state index is 0.225. The molecule has 0 saturated carbocycles. The van der Waals surface area contributed by atoms with Crippen LogP contribution >= 0.6 is 7.60 Å². The molecule has 2 N–H and O–H groups in total. The van der Waals surface area contributed by atoms with Gasteiger partial charge in [0, 0.05) is 7.11 Å². The molecule has 0 spiro atoms. The van der Waals surface area contributed by atoms with E-state index in [1.54, 1.807) is 27.7 Å². The SMILES string of the molecule is COC([CH]OC(C)C)(OC(C)C)P(=O)(O)O. The molecule has 0 amide bonds. The molecule has 0 aromatic rings. The monoisotopic (exact) mass is 255 g/mol. The maximum absolute atomic E-state index is 11.4. The lowest BCUT2D eigenvalue weighted by molar-refractivity contribution is -0.198. The molecular formula is C9H20O6P. The summed E-state index contributed by atoms with van der Waals surface area (Å²) in [7, 11) is -3.49. The van der Waals surface area contributed by atoms with Crippen molar-refractivity contribution in [3.63, 3.8) is 0 Å². The van der Waals surface area contributed by atoms with Crippen LogP contribution in [0.4, 0.5) is 0 Å². The Morgan fingerprint density at radius 1 is 1.19 bits per heavy atom. The molecule has 0 heterocycles. The van der Waals surface area contributed by atoms with Crippen LogP contribution in [0, 0.1) is 6.61 Å². The summed E-state index contributed by atoms with van der Waals surface area (Å²) in [6.07, 6.45) is -0.642. The Morgan fingerprint density at radius 3 is 1.94 bits per heavy atom. The Balaban J connectivity index is 4.90. The van der Waals surface area contributed by atoms with Gasteiger partial charge in [0.25, 0.3) is 0 Å². The minimum atomic E-state index is -4.64. The molecule has 0 saturated heterocycles. The number of hydrogen-bond acceptors (Lipinski definition) is 4. The van der Waals surface area contributed by atoms with Crippen molar-refractivity contribution in [3.8, 4) is 0 Å². The van der Waals surface area contributed by atoms with E-state index in [1.807, 2.05) is 0 Å². The molecule has 1 radical (unpaired) electrons. The highest BCUT2D eigenvalue weighted by Crippen LogP contribution is 2.54. The summed E-state index contributed by atoms with van der Waals surface area (Å²) in [6.45, 7) is 7.66. The predicted molar refractivity (Wildman–Crippen MR) is 58.5 cm³/mol. The summed E-state index contributed by atoms with van der Waals surface area (Å²) in [5, 5.41) is 0. The number of hydrogen-bond donors (Lipinski definition) is 2. The van der Waals surface area contributed by atoms with Gasteiger partial charge in [-0.1, -0.05) is 0 Å². The quantitative estimate of drug-likeness (QED) is 0.529. The zero-order chi connectivity index (χ0) is 13.0. The lowest BCUT2D eigenvalue weighted by Crippen LogP contribution is -2.39. The molecular weight excluding hydrogens is 235 g/mol. The fourth-order valence-electron chi connectivity index (χ4n) is 0.940. The highest BCUT2D eigenvalue weighted by atomic mass is 31.2. The number of rotatable bonds is 7. The molecule has 0 aromatic carbocycles. The Hall–Kier alpha value is 0.0300. The molecule has 6 nitrogen and oxygen atoms in total. The first-order chi connectivity index (χ1) is 7.14. The Labute approximate surface area is 96.1 Å². The van der Waals surface area contributed by atoms with Gasteiger partial charge in [-0.15, -0.1) is 0 Å². The predicted octanol–water partition coefficient (Wildman–Crippen LogP) is 1.48. The Morgan fingerprint density at radius 2 is 1.69 bits per heavy atom. The average molecular weight is 255 g/mol. The van der Waals surface area contributed by atoms with Gasteiger partial charge >= 0.3 is 13.1 Å². The van der Waals surface area contributed by atoms with Gasteiger partial charge in [-0.2, -0.15) is 0 Å². The highest BCUT2D eigenvalue weighted by Gasteiger charge is 2.51. The summed E-state index contributed by atoms with van der Waals surface area (Å²) in [4.78, 5) is 18.5. The molecule has 97 valence electrons. The van der Waals surface area contributed by atoms with E-state index in [1.165, 1.54) is 0 Å². The van der Waals surface area contributed by atoms with Crippen molar-refractivity contribution in [3.05, 3.63) is 6.61 Å². The number of methoxy groups -OCH3 is 1. The van der Waals surface area contributed by atoms with Gasteiger partial charge in [0.05, 0.1) is 12.2 Å². The molecule has 0 aliphatic carbocycles. The van der Waals surface area contributed by atoms with Crippen LogP contribution in [-0.2, 0) is 18.8 Å². The molecule has 16 heavy (non-hydrogen) atoms. The highest BCUT2D eigenvalue weighted by molar-refractivity contribution is 7.53. The van der Waals surface area contributed by atoms with Crippen LogP contribution in [0.3, 0.4) is 0 Å². The van der Waals surface area contributed by atoms with Crippen LogP contribution in [0.5, 0.6) is 0 Å². The molecule has 0 aliphatic rings. The summed E-state index contributed by atoms with van der Waals surface area (Å²) in [6, 6.07) is 0. The topological polar surface area (TPSA) is 85.2 Å². The zero-order valence-electron chi connectivity index (χ0n) is 10.2. The fourth-order valence-corrected chi connectivity index (χ4v) is 1.72. The van der Waals surface area contributed by atoms with Gasteiger partial charge in [-0.3, -0.25) is 4.57 Å². The second kappa shape index (κ2) is 6.10. The van der Waals surface area contributed by atoms with Crippen molar-refractivity contribution in [1.29, 1.82) is 0 Å². The van der Waals surface area contributed by atoms with E-state index in [-0.39, 0.29) is 6.10 Å². The Bertz CT molecular complexity index is 248. The lowest BCUT2D eigenvalue weighted by Gasteiger charge is -2.33. The van der Waals surface area contributed by atoms with E-state index < -0.39 is 19.2 Å². The third kappa shape index (κ3) is 4.49. The van der Waals surface area contributed by atoms with Crippen molar-refractivity contribution >= 4 is 7.60 Å². The van der Waals surface area contributed by atoms with Gasteiger partial charge in [-0.25, -0.2) is 0 Å². The first-order valence-electron chi connectivity index (χ1n) is 4.93. The average Bonchev–Trinajstić information content (AvgIpc) is 2.09. The van der Waals surface area contributed by atoms with Crippen LogP contribution in [0.2, 0.25) is 0 Å². The third-order valence-corrected chi connectivity index (χ3v) is 2.80. The summed E-state index contributed by atoms with van der Waals surface area (Å²) < 4.78 is 26.4. The normalized spacial score (nSPS) is 16.8. The zero-order valence-corrected chi connectivity index (χ0v) is 11.1. The molecule has 0 bridgehead atoms. The molecule has 0 aliphatic heterocycles. The van der Waals surface area contributed by atoms with E-state index >= 15 is 0 Å². The first-order valence-corrected chi connectivity index (χ1v) is 6.54. The van der Waals surface area contributed by atoms with Crippen molar-refractivity contribution in [2.45, 2.75) is 45.4 Å². The maximum atomic E-state index is 11.4. The van der Waals surface area contributed by atoms with Gasteiger partial charge in [0.1, 0.15) is 0 Å². The van der Waals surface area contributed by atoms with Crippen LogP contribution in [-0.4, -0.2) is 34.6 Å². The Kier molecular flexibility index (Phi) is 6.11. The van der Waals surface area contributed by atoms with E-state index in [4.69, 9.17) is 14.2 Å². The van der Waals surface area contributed by atoms with Gasteiger partial charge < -0.3 is 24.0 Å². The van der Waals surface area contributed by atoms with Crippen molar-refractivity contribution in [1.82, 2.24) is 0 Å². The second-order valence-corrected chi connectivity index (χ2v) is 5.56. The van der Waals surface area contributed by atoms with Crippen molar-refractivity contribution in [2.75, 3.05) is 7.11 Å². The molecule has 0 rings (SSSR count). The summed E-state index contributed by atoms with van der Waals surface area (Å²) >= 11 is 0. The van der Waals surface area contributed by atoms with Gasteiger partial charge in [0.15, 0.2) is 6.61 Å². The largest absolute Gasteiger partial charge is 0.387 e. The summed E-state index contributed by atoms with van der Waals surface area (Å²) in [5.41, 5.74) is -2.15. The summed E-state index contributed by atoms with van der Waals surface area (Å²) in [5.74, 6) is 0. The van der Waals surface area contributed by atoms with E-state index in [0.717, 1.165) is 13.7 Å². The lowest BCUT2D eigenvalue weighted by atomic mass is 10.4. The first kappa shape index (κ1) is 16.0. The van der Waals surface area contributed by atoms with Crippen LogP contribution in [0.15, 0.2) is 0 Å². The van der Waals surface area contributed by atoms with Crippen LogP contribution in [0.1, 0.15) is 27.7 Å². The fraction of sp³-hybridized carbons (Fsp3) is 0.889. The van der Waals surface area contributed by atoms with Crippen LogP contribution < -0.4 is 0 Å². The van der Waals surface area contributed by atoms with Crippen molar-refractivity contribution in [2.24, 2.45) is 0 Å². The smallest absolute Gasteiger partial charge is 0.366 e. The van der Waals surface area contributed by atoms with Crippen molar-refractivity contribution < 1.29 is 28.6 Å². The maximum Gasteiger partial charge on any atom is 0.387 e. The van der Waals surface area contributed by atoms with E-state index in [0.29, 0.717) is 0 Å². The molecule has 7 heteroatoms. The molecule has 1 atom stereocenters. The molecule has 0 aromatic heterocycles. The van der Waals surface area contributed by atoms with Gasteiger partial charge in [-0.05, 0) is 27.7 Å². The second-order valence-electron chi connectivity index (χ2n) is 3.85. The molecule has 0 fully saturated rings. The van der Waals surface area contributed by atoms with Crippen LogP contribution in [0.25, 0.3) is 0 Å². The number of ether oxygens (including phenoxy) is 3. The standard InChI is InChI=1S/C9H20O6P/c1-7(2)14-6-9(13-5,15-8(3)4)16(10,11)12/h6-8H,1-5H3,(H2,10,11,12).